The van der Waals surface area contributed by atoms with Crippen LogP contribution in [0.25, 0.3) is 10.2 Å². The van der Waals surface area contributed by atoms with E-state index in [9.17, 15) is 9.59 Å². The molecule has 0 bridgehead atoms. The van der Waals surface area contributed by atoms with Crippen molar-refractivity contribution in [3.8, 4) is 0 Å². The molecule has 2 N–H and O–H groups in total. The number of thiophene rings is 1. The van der Waals surface area contributed by atoms with Gasteiger partial charge in [-0.3, -0.25) is 14.5 Å². The Hall–Kier alpha value is -1.67. The number of thioether (sulfide) groups is 1. The summed E-state index contributed by atoms with van der Waals surface area (Å²) in [7, 11) is 0. The highest BCUT2D eigenvalue weighted by atomic mass is 32.2. The molecule has 0 aliphatic carbocycles. The lowest BCUT2D eigenvalue weighted by Crippen LogP contribution is -2.33. The van der Waals surface area contributed by atoms with Crippen LogP contribution in [-0.4, -0.2) is 39.0 Å². The molecule has 2 aromatic heterocycles. The van der Waals surface area contributed by atoms with Gasteiger partial charge in [-0.15, -0.1) is 11.3 Å². The first-order chi connectivity index (χ1) is 9.65. The molecule has 1 fully saturated rings. The number of carbonyl (C=O) groups is 2. The Morgan fingerprint density at radius 1 is 1.50 bits per heavy atom. The van der Waals surface area contributed by atoms with Crippen molar-refractivity contribution in [2.24, 2.45) is 0 Å². The monoisotopic (exact) mass is 308 g/mol. The fraction of sp³-hybridized carbons (Fsp3) is 0.333. The lowest BCUT2D eigenvalue weighted by molar-refractivity contribution is -0.140. The SMILES string of the molecule is Nc1nc(SCC(=O)N2CCCC2=O)nc2sccc12. The van der Waals surface area contributed by atoms with E-state index in [1.165, 1.54) is 28.0 Å². The van der Waals surface area contributed by atoms with Crippen LogP contribution in [0.5, 0.6) is 0 Å². The maximum atomic E-state index is 11.9. The molecule has 20 heavy (non-hydrogen) atoms. The van der Waals surface area contributed by atoms with Gasteiger partial charge in [0.15, 0.2) is 5.16 Å². The summed E-state index contributed by atoms with van der Waals surface area (Å²) in [6.07, 6.45) is 1.21. The molecule has 0 aromatic carbocycles. The van der Waals surface area contributed by atoms with Crippen LogP contribution in [0.2, 0.25) is 0 Å². The second-order valence-electron chi connectivity index (χ2n) is 4.36. The van der Waals surface area contributed by atoms with E-state index in [0.717, 1.165) is 16.6 Å². The predicted molar refractivity (Wildman–Crippen MR) is 78.5 cm³/mol. The number of imide groups is 1. The summed E-state index contributed by atoms with van der Waals surface area (Å²) in [5, 5.41) is 3.20. The molecule has 0 saturated carbocycles. The molecule has 1 saturated heterocycles. The zero-order chi connectivity index (χ0) is 14.1. The number of nitrogens with zero attached hydrogens (tertiary/aromatic N) is 3. The van der Waals surface area contributed by atoms with Gasteiger partial charge in [0.05, 0.1) is 11.1 Å². The Morgan fingerprint density at radius 3 is 3.10 bits per heavy atom. The van der Waals surface area contributed by atoms with Gasteiger partial charge in [-0.25, -0.2) is 9.97 Å². The van der Waals surface area contributed by atoms with Gasteiger partial charge in [0.2, 0.25) is 11.8 Å². The molecule has 2 aromatic rings. The maximum absolute atomic E-state index is 11.9. The lowest BCUT2D eigenvalue weighted by atomic mass is 10.4. The van der Waals surface area contributed by atoms with Gasteiger partial charge < -0.3 is 5.73 Å². The molecule has 0 spiro atoms. The molecule has 1 aliphatic rings. The number of rotatable bonds is 3. The third-order valence-electron chi connectivity index (χ3n) is 3.03. The van der Waals surface area contributed by atoms with E-state index >= 15 is 0 Å². The minimum Gasteiger partial charge on any atom is -0.383 e. The number of likely N-dealkylation sites (tertiary alicyclic amines) is 1. The molecule has 0 unspecified atom stereocenters. The topological polar surface area (TPSA) is 89.2 Å². The quantitative estimate of drug-likeness (QED) is 0.683. The molecular formula is C12H12N4O2S2. The summed E-state index contributed by atoms with van der Waals surface area (Å²) in [5.74, 6) is 0.293. The van der Waals surface area contributed by atoms with Crippen LogP contribution in [-0.2, 0) is 9.59 Å². The molecule has 8 heteroatoms. The molecule has 3 heterocycles. The first-order valence-corrected chi connectivity index (χ1v) is 7.98. The number of hydrogen-bond acceptors (Lipinski definition) is 7. The van der Waals surface area contributed by atoms with Crippen molar-refractivity contribution < 1.29 is 9.59 Å². The Kier molecular flexibility index (Phi) is 3.58. The maximum Gasteiger partial charge on any atom is 0.239 e. The minimum atomic E-state index is -0.189. The van der Waals surface area contributed by atoms with Crippen molar-refractivity contribution in [2.75, 3.05) is 18.0 Å². The van der Waals surface area contributed by atoms with Crippen LogP contribution in [0.15, 0.2) is 16.6 Å². The third kappa shape index (κ3) is 2.48. The standard InChI is InChI=1S/C12H12N4O2S2/c13-10-7-3-5-19-11(7)15-12(14-10)20-6-9(18)16-4-1-2-8(16)17/h3,5H,1-2,4,6H2,(H2,13,14,15). The first kappa shape index (κ1) is 13.3. The van der Waals surface area contributed by atoms with Crippen LogP contribution in [0, 0.1) is 0 Å². The van der Waals surface area contributed by atoms with Gasteiger partial charge in [0, 0.05) is 13.0 Å². The molecule has 104 valence electrons. The van der Waals surface area contributed by atoms with Gasteiger partial charge in [-0.05, 0) is 17.9 Å². The number of nitrogen functional groups attached to an aromatic ring is 1. The van der Waals surface area contributed by atoms with E-state index in [1.54, 1.807) is 0 Å². The van der Waals surface area contributed by atoms with Gasteiger partial charge >= 0.3 is 0 Å². The van der Waals surface area contributed by atoms with E-state index in [-0.39, 0.29) is 17.6 Å². The first-order valence-electron chi connectivity index (χ1n) is 6.12. The number of aromatic nitrogens is 2. The summed E-state index contributed by atoms with van der Waals surface area (Å²) in [6.45, 7) is 0.519. The smallest absolute Gasteiger partial charge is 0.239 e. The summed E-state index contributed by atoms with van der Waals surface area (Å²) in [6, 6.07) is 1.87. The van der Waals surface area contributed by atoms with Crippen LogP contribution >= 0.6 is 23.1 Å². The Labute approximate surface area is 123 Å². The molecule has 3 rings (SSSR count). The second kappa shape index (κ2) is 5.37. The van der Waals surface area contributed by atoms with Crippen LogP contribution in [0.4, 0.5) is 5.82 Å². The average molecular weight is 308 g/mol. The molecular weight excluding hydrogens is 296 g/mol. The van der Waals surface area contributed by atoms with E-state index < -0.39 is 0 Å². The number of amides is 2. The van der Waals surface area contributed by atoms with Crippen molar-refractivity contribution in [3.63, 3.8) is 0 Å². The number of fused-ring (bicyclic) bond motifs is 1. The van der Waals surface area contributed by atoms with Crippen LogP contribution < -0.4 is 5.73 Å². The number of anilines is 1. The van der Waals surface area contributed by atoms with E-state index in [4.69, 9.17) is 5.73 Å². The number of hydrogen-bond donors (Lipinski definition) is 1. The zero-order valence-electron chi connectivity index (χ0n) is 10.5. The van der Waals surface area contributed by atoms with E-state index in [1.807, 2.05) is 11.4 Å². The predicted octanol–water partition coefficient (Wildman–Crippen LogP) is 1.51. The zero-order valence-corrected chi connectivity index (χ0v) is 12.2. The summed E-state index contributed by atoms with van der Waals surface area (Å²) >= 11 is 2.69. The lowest BCUT2D eigenvalue weighted by Gasteiger charge is -2.12. The van der Waals surface area contributed by atoms with E-state index in [2.05, 4.69) is 9.97 Å². The van der Waals surface area contributed by atoms with Crippen LogP contribution in [0.1, 0.15) is 12.8 Å². The Bertz CT molecular complexity index is 685. The van der Waals surface area contributed by atoms with Crippen molar-refractivity contribution >= 4 is 50.9 Å². The van der Waals surface area contributed by atoms with Gasteiger partial charge in [-0.1, -0.05) is 11.8 Å². The fourth-order valence-electron chi connectivity index (χ4n) is 2.04. The van der Waals surface area contributed by atoms with Crippen molar-refractivity contribution in [2.45, 2.75) is 18.0 Å². The molecule has 2 amide bonds. The average Bonchev–Trinajstić information content (AvgIpc) is 3.04. The summed E-state index contributed by atoms with van der Waals surface area (Å²) < 4.78 is 0. The van der Waals surface area contributed by atoms with Crippen molar-refractivity contribution in [1.29, 1.82) is 0 Å². The molecule has 0 radical (unpaired) electrons. The van der Waals surface area contributed by atoms with Crippen molar-refractivity contribution in [1.82, 2.24) is 14.9 Å². The Morgan fingerprint density at radius 2 is 2.35 bits per heavy atom. The van der Waals surface area contributed by atoms with Gasteiger partial charge in [-0.2, -0.15) is 0 Å². The molecule has 6 nitrogen and oxygen atoms in total. The van der Waals surface area contributed by atoms with Gasteiger partial charge in [0.1, 0.15) is 10.6 Å². The Balaban J connectivity index is 1.70. The second-order valence-corrected chi connectivity index (χ2v) is 6.20. The van der Waals surface area contributed by atoms with Crippen molar-refractivity contribution in [3.05, 3.63) is 11.4 Å². The summed E-state index contributed by atoms with van der Waals surface area (Å²) in [4.78, 5) is 34.0. The largest absolute Gasteiger partial charge is 0.383 e. The minimum absolute atomic E-state index is 0.0928. The van der Waals surface area contributed by atoms with Crippen LogP contribution in [0.3, 0.4) is 0 Å². The fourth-order valence-corrected chi connectivity index (χ4v) is 3.60. The highest BCUT2D eigenvalue weighted by Gasteiger charge is 2.26. The molecule has 1 aliphatic heterocycles. The number of nitrogens with two attached hydrogens (primary N) is 1. The normalized spacial score (nSPS) is 15.2. The molecule has 0 atom stereocenters. The third-order valence-corrected chi connectivity index (χ3v) is 4.67. The highest BCUT2D eigenvalue weighted by molar-refractivity contribution is 7.99. The highest BCUT2D eigenvalue weighted by Crippen LogP contribution is 2.26. The van der Waals surface area contributed by atoms with E-state index in [0.29, 0.717) is 23.9 Å². The van der Waals surface area contributed by atoms with Gasteiger partial charge in [0.25, 0.3) is 0 Å². The number of carbonyl (C=O) groups excluding carboxylic acids is 2. The summed E-state index contributed by atoms with van der Waals surface area (Å²) in [5.41, 5.74) is 5.84.